The molecule has 0 aliphatic carbocycles. The maximum absolute atomic E-state index is 5.85. The van der Waals surface area contributed by atoms with E-state index in [9.17, 15) is 0 Å². The standard InChI is InChI=1S/C12H11NS.C2H6/c13-11-8-4-5-9-12(11)14-10-6-2-1-3-7-10;1-2/h1-9H,13H2;1-2H3. The fourth-order valence-corrected chi connectivity index (χ4v) is 2.07. The van der Waals surface area contributed by atoms with Gasteiger partial charge < -0.3 is 5.73 Å². The lowest BCUT2D eigenvalue weighted by Gasteiger charge is -2.03. The van der Waals surface area contributed by atoms with Crippen LogP contribution in [0.15, 0.2) is 64.4 Å². The summed E-state index contributed by atoms with van der Waals surface area (Å²) in [6.45, 7) is 4.00. The molecule has 2 heteroatoms. The van der Waals surface area contributed by atoms with Crippen molar-refractivity contribution < 1.29 is 0 Å². The van der Waals surface area contributed by atoms with E-state index in [1.165, 1.54) is 4.90 Å². The van der Waals surface area contributed by atoms with Crippen LogP contribution in [0.3, 0.4) is 0 Å². The van der Waals surface area contributed by atoms with Crippen LogP contribution in [0.2, 0.25) is 0 Å². The lowest BCUT2D eigenvalue weighted by Crippen LogP contribution is -1.86. The van der Waals surface area contributed by atoms with Crippen LogP contribution < -0.4 is 5.73 Å². The summed E-state index contributed by atoms with van der Waals surface area (Å²) < 4.78 is 0. The van der Waals surface area contributed by atoms with Crippen LogP contribution in [0.4, 0.5) is 5.69 Å². The Morgan fingerprint density at radius 2 is 1.38 bits per heavy atom. The van der Waals surface area contributed by atoms with Crippen molar-refractivity contribution in [3.05, 3.63) is 54.6 Å². The smallest absolute Gasteiger partial charge is 0.0455 e. The normalized spacial score (nSPS) is 9.12. The summed E-state index contributed by atoms with van der Waals surface area (Å²) in [4.78, 5) is 2.32. The Bertz CT molecular complexity index is 412. The van der Waals surface area contributed by atoms with E-state index in [2.05, 4.69) is 12.1 Å². The van der Waals surface area contributed by atoms with Gasteiger partial charge >= 0.3 is 0 Å². The minimum atomic E-state index is 0.835. The molecule has 0 unspecified atom stereocenters. The van der Waals surface area contributed by atoms with Gasteiger partial charge in [-0.15, -0.1) is 0 Å². The molecule has 0 radical (unpaired) electrons. The highest BCUT2D eigenvalue weighted by atomic mass is 32.2. The van der Waals surface area contributed by atoms with Crippen LogP contribution in [0.1, 0.15) is 13.8 Å². The Hall–Kier alpha value is -1.41. The van der Waals surface area contributed by atoms with E-state index in [1.54, 1.807) is 11.8 Å². The molecule has 0 aliphatic heterocycles. The first kappa shape index (κ1) is 12.7. The zero-order chi connectivity index (χ0) is 11.8. The highest BCUT2D eigenvalue weighted by Crippen LogP contribution is 2.31. The third-order valence-corrected chi connectivity index (χ3v) is 2.99. The van der Waals surface area contributed by atoms with Gasteiger partial charge in [-0.1, -0.05) is 55.9 Å². The van der Waals surface area contributed by atoms with E-state index < -0.39 is 0 Å². The van der Waals surface area contributed by atoms with Crippen LogP contribution in [-0.2, 0) is 0 Å². The third-order valence-electron chi connectivity index (χ3n) is 1.89. The van der Waals surface area contributed by atoms with Gasteiger partial charge in [0.1, 0.15) is 0 Å². The minimum Gasteiger partial charge on any atom is -0.398 e. The predicted molar refractivity (Wildman–Crippen MR) is 72.8 cm³/mol. The number of rotatable bonds is 2. The monoisotopic (exact) mass is 231 g/mol. The second kappa shape index (κ2) is 6.96. The molecular formula is C14H17NS. The average Bonchev–Trinajstić information content (AvgIpc) is 2.36. The SMILES string of the molecule is CC.Nc1ccccc1Sc1ccccc1. The zero-order valence-corrected chi connectivity index (χ0v) is 10.5. The highest BCUT2D eigenvalue weighted by molar-refractivity contribution is 7.99. The van der Waals surface area contributed by atoms with Gasteiger partial charge in [-0.2, -0.15) is 0 Å². The number of para-hydroxylation sites is 1. The molecule has 84 valence electrons. The maximum Gasteiger partial charge on any atom is 0.0455 e. The molecule has 0 aromatic heterocycles. The van der Waals surface area contributed by atoms with E-state index in [0.717, 1.165) is 10.6 Å². The van der Waals surface area contributed by atoms with Crippen molar-refractivity contribution in [2.24, 2.45) is 0 Å². The number of nitrogens with two attached hydrogens (primary N) is 1. The lowest BCUT2D eigenvalue weighted by molar-refractivity contribution is 1.41. The molecule has 0 saturated carbocycles. The molecule has 2 aromatic rings. The Morgan fingerprint density at radius 3 is 2.00 bits per heavy atom. The topological polar surface area (TPSA) is 26.0 Å². The molecule has 16 heavy (non-hydrogen) atoms. The van der Waals surface area contributed by atoms with Crippen molar-refractivity contribution in [3.8, 4) is 0 Å². The summed E-state index contributed by atoms with van der Waals surface area (Å²) in [5, 5.41) is 0. The van der Waals surface area contributed by atoms with Gasteiger partial charge in [-0.05, 0) is 24.3 Å². The van der Waals surface area contributed by atoms with E-state index in [0.29, 0.717) is 0 Å². The number of benzene rings is 2. The first-order chi connectivity index (χ1) is 7.86. The van der Waals surface area contributed by atoms with Crippen molar-refractivity contribution >= 4 is 17.4 Å². The summed E-state index contributed by atoms with van der Waals surface area (Å²) in [6, 6.07) is 18.1. The molecule has 0 fully saturated rings. The number of hydrogen-bond donors (Lipinski definition) is 1. The fraction of sp³-hybridized carbons (Fsp3) is 0.143. The summed E-state index contributed by atoms with van der Waals surface area (Å²) in [6.07, 6.45) is 0. The molecule has 2 N–H and O–H groups in total. The van der Waals surface area contributed by atoms with E-state index in [4.69, 9.17) is 5.73 Å². The second-order valence-corrected chi connectivity index (χ2v) is 4.07. The Morgan fingerprint density at radius 1 is 0.812 bits per heavy atom. The molecule has 0 bridgehead atoms. The molecule has 0 heterocycles. The van der Waals surface area contributed by atoms with Crippen molar-refractivity contribution in [3.63, 3.8) is 0 Å². The number of nitrogen functional groups attached to an aromatic ring is 1. The van der Waals surface area contributed by atoms with Gasteiger partial charge in [0, 0.05) is 15.5 Å². The van der Waals surface area contributed by atoms with Crippen molar-refractivity contribution in [2.45, 2.75) is 23.6 Å². The molecule has 2 aromatic carbocycles. The van der Waals surface area contributed by atoms with Crippen LogP contribution in [0.25, 0.3) is 0 Å². The number of anilines is 1. The maximum atomic E-state index is 5.85. The molecule has 0 spiro atoms. The van der Waals surface area contributed by atoms with Crippen molar-refractivity contribution in [1.82, 2.24) is 0 Å². The Balaban J connectivity index is 0.000000606. The Labute approximate surface area is 102 Å². The van der Waals surface area contributed by atoms with Crippen LogP contribution >= 0.6 is 11.8 Å². The van der Waals surface area contributed by atoms with Gasteiger partial charge in [0.25, 0.3) is 0 Å². The third kappa shape index (κ3) is 3.63. The van der Waals surface area contributed by atoms with Gasteiger partial charge in [0.2, 0.25) is 0 Å². The van der Waals surface area contributed by atoms with E-state index in [1.807, 2.05) is 56.3 Å². The minimum absolute atomic E-state index is 0.835. The van der Waals surface area contributed by atoms with Gasteiger partial charge in [0.05, 0.1) is 0 Å². The van der Waals surface area contributed by atoms with Crippen molar-refractivity contribution in [1.29, 1.82) is 0 Å². The molecular weight excluding hydrogens is 214 g/mol. The molecule has 1 nitrogen and oxygen atoms in total. The molecule has 0 amide bonds. The summed E-state index contributed by atoms with van der Waals surface area (Å²) in [5.74, 6) is 0. The zero-order valence-electron chi connectivity index (χ0n) is 9.68. The summed E-state index contributed by atoms with van der Waals surface area (Å²) in [7, 11) is 0. The second-order valence-electron chi connectivity index (χ2n) is 2.95. The molecule has 2 rings (SSSR count). The molecule has 0 atom stereocenters. The Kier molecular flexibility index (Phi) is 5.51. The predicted octanol–water partition coefficient (Wildman–Crippen LogP) is 4.45. The lowest BCUT2D eigenvalue weighted by atomic mass is 10.3. The molecule has 0 saturated heterocycles. The summed E-state index contributed by atoms with van der Waals surface area (Å²) >= 11 is 1.69. The fourth-order valence-electron chi connectivity index (χ4n) is 1.19. The van der Waals surface area contributed by atoms with Crippen LogP contribution in [-0.4, -0.2) is 0 Å². The van der Waals surface area contributed by atoms with E-state index >= 15 is 0 Å². The molecule has 0 aliphatic rings. The van der Waals surface area contributed by atoms with E-state index in [-0.39, 0.29) is 0 Å². The van der Waals surface area contributed by atoms with Gasteiger partial charge in [0.15, 0.2) is 0 Å². The van der Waals surface area contributed by atoms with Crippen LogP contribution in [0.5, 0.6) is 0 Å². The van der Waals surface area contributed by atoms with Crippen molar-refractivity contribution in [2.75, 3.05) is 5.73 Å². The van der Waals surface area contributed by atoms with Gasteiger partial charge in [-0.25, -0.2) is 0 Å². The quantitative estimate of drug-likeness (QED) is 0.773. The largest absolute Gasteiger partial charge is 0.398 e. The van der Waals surface area contributed by atoms with Gasteiger partial charge in [-0.3, -0.25) is 0 Å². The summed E-state index contributed by atoms with van der Waals surface area (Å²) in [5.41, 5.74) is 6.68. The average molecular weight is 231 g/mol. The number of hydrogen-bond acceptors (Lipinski definition) is 2. The first-order valence-corrected chi connectivity index (χ1v) is 6.25. The first-order valence-electron chi connectivity index (χ1n) is 5.43. The van der Waals surface area contributed by atoms with Crippen LogP contribution in [0, 0.1) is 0 Å². The highest BCUT2D eigenvalue weighted by Gasteiger charge is 1.99.